The van der Waals surface area contributed by atoms with Crippen LogP contribution in [0.25, 0.3) is 0 Å². The van der Waals surface area contributed by atoms with Crippen LogP contribution in [0.5, 0.6) is 0 Å². The molecular formula is C23H33N5O. The highest BCUT2D eigenvalue weighted by molar-refractivity contribution is 5.91. The van der Waals surface area contributed by atoms with Crippen molar-refractivity contribution in [2.45, 2.75) is 53.5 Å². The fraction of sp³-hybridized carbons (Fsp3) is 0.522. The number of carbonyl (C=O) groups is 1. The molecular weight excluding hydrogens is 362 g/mol. The minimum absolute atomic E-state index is 0.0220. The third-order valence-electron chi connectivity index (χ3n) is 5.04. The summed E-state index contributed by atoms with van der Waals surface area (Å²) >= 11 is 0. The number of fused-ring (bicyclic) bond motifs is 1. The predicted octanol–water partition coefficient (Wildman–Crippen LogP) is 4.18. The second kappa shape index (κ2) is 8.39. The number of amides is 1. The van der Waals surface area contributed by atoms with Gasteiger partial charge in [-0.25, -0.2) is 9.97 Å². The van der Waals surface area contributed by atoms with Crippen LogP contribution in [0.15, 0.2) is 24.4 Å². The number of pyridine rings is 2. The van der Waals surface area contributed by atoms with Crippen LogP contribution in [0.3, 0.4) is 0 Å². The normalized spacial score (nSPS) is 13.8. The molecule has 1 aliphatic rings. The molecule has 2 aromatic heterocycles. The van der Waals surface area contributed by atoms with E-state index in [9.17, 15) is 4.79 Å². The van der Waals surface area contributed by atoms with Crippen molar-refractivity contribution in [2.24, 2.45) is 5.41 Å². The third kappa shape index (κ3) is 5.46. The van der Waals surface area contributed by atoms with Crippen LogP contribution in [0.4, 0.5) is 17.3 Å². The first-order valence-corrected chi connectivity index (χ1v) is 10.3. The Morgan fingerprint density at radius 3 is 2.72 bits per heavy atom. The van der Waals surface area contributed by atoms with Crippen molar-refractivity contribution in [1.82, 2.24) is 9.97 Å². The average molecular weight is 396 g/mol. The molecule has 156 valence electrons. The van der Waals surface area contributed by atoms with Crippen molar-refractivity contribution in [3.05, 3.63) is 41.2 Å². The van der Waals surface area contributed by atoms with Crippen molar-refractivity contribution < 1.29 is 4.79 Å². The Balaban J connectivity index is 1.80. The standard InChI is InChI=1S/C23H33N5O/c1-16-12-19-18(25-22(16)26-21(29)14-23(2,3)4)8-7-11-28(19)15-17-9-10-24-20(13-17)27(5)6/h9-10,12-13H,7-8,11,14-15H2,1-6H3,(H,25,26,29). The topological polar surface area (TPSA) is 61.4 Å². The predicted molar refractivity (Wildman–Crippen MR) is 120 cm³/mol. The van der Waals surface area contributed by atoms with E-state index in [4.69, 9.17) is 4.98 Å². The van der Waals surface area contributed by atoms with Gasteiger partial charge in [0.2, 0.25) is 5.91 Å². The molecule has 0 atom stereocenters. The number of carbonyl (C=O) groups excluding carboxylic acids is 1. The van der Waals surface area contributed by atoms with Crippen molar-refractivity contribution in [2.75, 3.05) is 35.8 Å². The van der Waals surface area contributed by atoms with Crippen molar-refractivity contribution in [3.63, 3.8) is 0 Å². The lowest BCUT2D eigenvalue weighted by Crippen LogP contribution is -2.30. The summed E-state index contributed by atoms with van der Waals surface area (Å²) in [7, 11) is 4.01. The van der Waals surface area contributed by atoms with Gasteiger partial charge in [0, 0.05) is 39.8 Å². The van der Waals surface area contributed by atoms with Gasteiger partial charge in [0.15, 0.2) is 0 Å². The number of hydrogen-bond acceptors (Lipinski definition) is 5. The van der Waals surface area contributed by atoms with Gasteiger partial charge in [0.1, 0.15) is 11.6 Å². The van der Waals surface area contributed by atoms with Gasteiger partial charge in [0.05, 0.1) is 11.4 Å². The Morgan fingerprint density at radius 1 is 1.28 bits per heavy atom. The van der Waals surface area contributed by atoms with E-state index >= 15 is 0 Å². The summed E-state index contributed by atoms with van der Waals surface area (Å²) in [4.78, 5) is 26.0. The molecule has 1 aliphatic heterocycles. The molecule has 0 bridgehead atoms. The quantitative estimate of drug-likeness (QED) is 0.823. The van der Waals surface area contributed by atoms with Gasteiger partial charge in [0.25, 0.3) is 0 Å². The molecule has 0 spiro atoms. The molecule has 6 nitrogen and oxygen atoms in total. The molecule has 6 heteroatoms. The van der Waals surface area contributed by atoms with Crippen molar-refractivity contribution >= 4 is 23.2 Å². The van der Waals surface area contributed by atoms with Crippen LogP contribution in [0, 0.1) is 12.3 Å². The largest absolute Gasteiger partial charge is 0.366 e. The smallest absolute Gasteiger partial charge is 0.226 e. The molecule has 1 amide bonds. The van der Waals surface area contributed by atoms with E-state index in [0.29, 0.717) is 12.2 Å². The molecule has 3 rings (SSSR count). The Hall–Kier alpha value is -2.63. The monoisotopic (exact) mass is 395 g/mol. The SMILES string of the molecule is Cc1cc2c(nc1NC(=O)CC(C)(C)C)CCCN2Cc1ccnc(N(C)C)c1. The molecule has 0 fully saturated rings. The maximum absolute atomic E-state index is 12.4. The number of anilines is 3. The fourth-order valence-electron chi connectivity index (χ4n) is 3.63. The van der Waals surface area contributed by atoms with Crippen molar-refractivity contribution in [1.29, 1.82) is 0 Å². The minimum Gasteiger partial charge on any atom is -0.366 e. The molecule has 2 aromatic rings. The van der Waals surface area contributed by atoms with E-state index in [1.807, 2.05) is 32.1 Å². The summed E-state index contributed by atoms with van der Waals surface area (Å²) in [6, 6.07) is 6.38. The maximum Gasteiger partial charge on any atom is 0.226 e. The maximum atomic E-state index is 12.4. The highest BCUT2D eigenvalue weighted by Crippen LogP contribution is 2.31. The lowest BCUT2D eigenvalue weighted by molar-refractivity contribution is -0.117. The Bertz CT molecular complexity index is 885. The van der Waals surface area contributed by atoms with Crippen LogP contribution in [-0.4, -0.2) is 36.5 Å². The van der Waals surface area contributed by atoms with Crippen LogP contribution in [0.2, 0.25) is 0 Å². The van der Waals surface area contributed by atoms with E-state index in [2.05, 4.69) is 54.2 Å². The lowest BCUT2D eigenvalue weighted by atomic mass is 9.92. The molecule has 0 saturated carbocycles. The summed E-state index contributed by atoms with van der Waals surface area (Å²) in [6.45, 7) is 10.1. The molecule has 0 aromatic carbocycles. The zero-order valence-corrected chi connectivity index (χ0v) is 18.5. The van der Waals surface area contributed by atoms with Gasteiger partial charge in [-0.05, 0) is 54.5 Å². The molecule has 1 N–H and O–H groups in total. The summed E-state index contributed by atoms with van der Waals surface area (Å²) in [5, 5.41) is 3.02. The molecule has 0 radical (unpaired) electrons. The van der Waals surface area contributed by atoms with E-state index in [0.717, 1.165) is 43.0 Å². The average Bonchev–Trinajstić information content (AvgIpc) is 2.61. The number of aryl methyl sites for hydroxylation is 2. The van der Waals surface area contributed by atoms with Crippen LogP contribution < -0.4 is 15.1 Å². The van der Waals surface area contributed by atoms with Crippen LogP contribution in [-0.2, 0) is 17.8 Å². The molecule has 0 unspecified atom stereocenters. The zero-order valence-electron chi connectivity index (χ0n) is 18.5. The van der Waals surface area contributed by atoms with Gasteiger partial charge >= 0.3 is 0 Å². The number of hydrogen-bond donors (Lipinski definition) is 1. The Kier molecular flexibility index (Phi) is 6.10. The first kappa shape index (κ1) is 21.1. The van der Waals surface area contributed by atoms with E-state index < -0.39 is 0 Å². The summed E-state index contributed by atoms with van der Waals surface area (Å²) < 4.78 is 0. The first-order valence-electron chi connectivity index (χ1n) is 10.3. The van der Waals surface area contributed by atoms with E-state index in [-0.39, 0.29) is 11.3 Å². The van der Waals surface area contributed by atoms with Crippen LogP contribution in [0.1, 0.15) is 50.4 Å². The molecule has 3 heterocycles. The van der Waals surface area contributed by atoms with Crippen LogP contribution >= 0.6 is 0 Å². The summed E-state index contributed by atoms with van der Waals surface area (Å²) in [6.07, 6.45) is 4.35. The van der Waals surface area contributed by atoms with Gasteiger partial charge in [-0.3, -0.25) is 4.79 Å². The van der Waals surface area contributed by atoms with Crippen molar-refractivity contribution in [3.8, 4) is 0 Å². The molecule has 0 saturated heterocycles. The minimum atomic E-state index is -0.0427. The summed E-state index contributed by atoms with van der Waals surface area (Å²) in [5.74, 6) is 1.68. The number of aromatic nitrogens is 2. The number of nitrogens with zero attached hydrogens (tertiary/aromatic N) is 4. The highest BCUT2D eigenvalue weighted by Gasteiger charge is 2.22. The van der Waals surface area contributed by atoms with E-state index in [1.54, 1.807) is 0 Å². The highest BCUT2D eigenvalue weighted by atomic mass is 16.1. The van der Waals surface area contributed by atoms with Gasteiger partial charge in [-0.15, -0.1) is 0 Å². The zero-order chi connectivity index (χ0) is 21.2. The summed E-state index contributed by atoms with van der Waals surface area (Å²) in [5.41, 5.74) is 4.43. The van der Waals surface area contributed by atoms with Gasteiger partial charge in [-0.1, -0.05) is 20.8 Å². The van der Waals surface area contributed by atoms with Gasteiger partial charge in [-0.2, -0.15) is 0 Å². The second-order valence-corrected chi connectivity index (χ2v) is 9.35. The fourth-order valence-corrected chi connectivity index (χ4v) is 3.63. The molecule has 0 aliphatic carbocycles. The second-order valence-electron chi connectivity index (χ2n) is 9.35. The first-order chi connectivity index (χ1) is 13.6. The Morgan fingerprint density at radius 2 is 2.03 bits per heavy atom. The molecule has 29 heavy (non-hydrogen) atoms. The van der Waals surface area contributed by atoms with E-state index in [1.165, 1.54) is 11.3 Å². The third-order valence-corrected chi connectivity index (χ3v) is 5.04. The lowest BCUT2D eigenvalue weighted by Gasteiger charge is -2.32. The van der Waals surface area contributed by atoms with Gasteiger partial charge < -0.3 is 15.1 Å². The number of rotatable bonds is 5. The number of nitrogens with one attached hydrogen (secondary N) is 1. The Labute approximate surface area is 174 Å².